The first-order chi connectivity index (χ1) is 23.4. The Morgan fingerprint density at radius 1 is 0.939 bits per heavy atom. The Kier molecular flexibility index (Phi) is 10.3. The molecule has 0 spiro atoms. The van der Waals surface area contributed by atoms with Gasteiger partial charge in [-0.1, -0.05) is 32.4 Å². The maximum atomic E-state index is 13.4. The van der Waals surface area contributed by atoms with Gasteiger partial charge in [-0.05, 0) is 105 Å². The minimum Gasteiger partial charge on any atom is -0.465 e. The van der Waals surface area contributed by atoms with Gasteiger partial charge >= 0.3 is 17.7 Å². The number of hydrogen-bond donors (Lipinski definition) is 1. The zero-order valence-corrected chi connectivity index (χ0v) is 29.7. The van der Waals surface area contributed by atoms with Gasteiger partial charge in [0.2, 0.25) is 10.0 Å². The van der Waals surface area contributed by atoms with E-state index in [2.05, 4.69) is 13.8 Å². The number of fused-ring (bicyclic) bond motifs is 3. The number of carbonyl (C=O) groups is 2. The molecule has 1 aliphatic heterocycles. The van der Waals surface area contributed by atoms with Crippen molar-refractivity contribution in [2.24, 2.45) is 23.2 Å². The molecule has 1 amide bonds. The molecule has 4 aliphatic rings. The summed E-state index contributed by atoms with van der Waals surface area (Å²) in [5.74, 6) is 0.345. The zero-order valence-electron chi connectivity index (χ0n) is 28.8. The Balaban J connectivity index is 1.05. The second kappa shape index (κ2) is 14.2. The number of amides is 1. The molecule has 7 atom stereocenters. The molecule has 3 aliphatic carbocycles. The van der Waals surface area contributed by atoms with Crippen LogP contribution < -0.4 is 5.63 Å². The average Bonchev–Trinajstić information content (AvgIpc) is 3.39. The normalized spacial score (nSPS) is 32.8. The average molecular weight is 699 g/mol. The second-order valence-electron chi connectivity index (χ2n) is 14.9. The summed E-state index contributed by atoms with van der Waals surface area (Å²) in [6.07, 6.45) is 9.64. The lowest BCUT2D eigenvalue weighted by Crippen LogP contribution is -2.57. The van der Waals surface area contributed by atoms with Crippen molar-refractivity contribution in [3.63, 3.8) is 0 Å². The lowest BCUT2D eigenvalue weighted by molar-refractivity contribution is -0.162. The van der Waals surface area contributed by atoms with Gasteiger partial charge in [0.25, 0.3) is 0 Å². The number of rotatable bonds is 5. The van der Waals surface area contributed by atoms with Crippen molar-refractivity contribution < 1.29 is 37.0 Å². The summed E-state index contributed by atoms with van der Waals surface area (Å²) in [7, 11) is -2.76. The monoisotopic (exact) mass is 698 g/mol. The van der Waals surface area contributed by atoms with E-state index in [0.717, 1.165) is 69.8 Å². The molecular weight excluding hydrogens is 648 g/mol. The number of esters is 1. The molecule has 1 aromatic heterocycles. The number of hydrogen-bond acceptors (Lipinski definition) is 9. The van der Waals surface area contributed by atoms with Crippen molar-refractivity contribution in [1.82, 2.24) is 9.21 Å². The van der Waals surface area contributed by atoms with Crippen molar-refractivity contribution in [2.45, 2.75) is 101 Å². The van der Waals surface area contributed by atoms with Crippen LogP contribution in [0.1, 0.15) is 99.9 Å². The molecule has 3 saturated carbocycles. The van der Waals surface area contributed by atoms with Crippen LogP contribution in [-0.4, -0.2) is 79.8 Å². The third kappa shape index (κ3) is 6.68. The number of piperazine rings is 1. The summed E-state index contributed by atoms with van der Waals surface area (Å²) in [6.45, 7) is 5.10. The summed E-state index contributed by atoms with van der Waals surface area (Å²) in [5, 5.41) is 12.5. The van der Waals surface area contributed by atoms with Crippen LogP contribution in [0.2, 0.25) is 0 Å². The smallest absolute Gasteiger partial charge is 0.410 e. The fourth-order valence-corrected chi connectivity index (χ4v) is 11.2. The van der Waals surface area contributed by atoms with Gasteiger partial charge in [0, 0.05) is 37.7 Å². The molecule has 12 heteroatoms. The van der Waals surface area contributed by atoms with E-state index < -0.39 is 27.7 Å². The van der Waals surface area contributed by atoms with Gasteiger partial charge in [0.05, 0.1) is 29.4 Å². The molecule has 7 unspecified atom stereocenters. The third-order valence-corrected chi connectivity index (χ3v) is 14.4. The largest absolute Gasteiger partial charge is 0.465 e. The van der Waals surface area contributed by atoms with E-state index in [9.17, 15) is 27.9 Å². The fraction of sp³-hybridized carbons (Fsp3) is 0.649. The van der Waals surface area contributed by atoms with E-state index >= 15 is 0 Å². The van der Waals surface area contributed by atoms with Crippen molar-refractivity contribution in [3.8, 4) is 0 Å². The topological polar surface area (TPSA) is 144 Å². The molecule has 49 heavy (non-hydrogen) atoms. The molecule has 0 radical (unpaired) electrons. The lowest BCUT2D eigenvalue weighted by Gasteiger charge is -2.56. The lowest BCUT2D eigenvalue weighted by atomic mass is 9.52. The van der Waals surface area contributed by atoms with Crippen molar-refractivity contribution >= 4 is 22.1 Å². The summed E-state index contributed by atoms with van der Waals surface area (Å²) in [5.41, 5.74) is -0.446. The molecule has 0 bridgehead atoms. The highest BCUT2D eigenvalue weighted by Gasteiger charge is 2.63. The summed E-state index contributed by atoms with van der Waals surface area (Å²) < 4.78 is 44.2. The summed E-state index contributed by atoms with van der Waals surface area (Å²) in [6, 6.07) is 9.33. The predicted molar refractivity (Wildman–Crippen MR) is 181 cm³/mol. The Hall–Kier alpha value is -3.22. The SMILES string of the molecule is COC(=O)c1ccccc1S(=O)(=O)N1CCN(C(=O)OC2CCCCC3C(CCC4(C)C(c5ccc(=O)oc5)CCC34O)C(C)CC2)CC1. The van der Waals surface area contributed by atoms with Crippen LogP contribution >= 0.6 is 0 Å². The number of nitrogens with zero attached hydrogens (tertiary/aromatic N) is 2. The van der Waals surface area contributed by atoms with E-state index in [4.69, 9.17) is 13.9 Å². The van der Waals surface area contributed by atoms with Crippen LogP contribution in [0.3, 0.4) is 0 Å². The number of ether oxygens (including phenoxy) is 2. The Labute approximate surface area is 289 Å². The first-order valence-corrected chi connectivity index (χ1v) is 19.3. The minimum atomic E-state index is -3.97. The Bertz CT molecular complexity index is 1670. The van der Waals surface area contributed by atoms with Crippen LogP contribution in [0, 0.1) is 23.2 Å². The minimum absolute atomic E-state index is 0.0180. The summed E-state index contributed by atoms with van der Waals surface area (Å²) in [4.78, 5) is 38.6. The van der Waals surface area contributed by atoms with Gasteiger partial charge in [-0.2, -0.15) is 4.31 Å². The number of sulfonamides is 1. The first-order valence-electron chi connectivity index (χ1n) is 17.8. The van der Waals surface area contributed by atoms with Gasteiger partial charge < -0.3 is 23.9 Å². The van der Waals surface area contributed by atoms with E-state index in [-0.39, 0.29) is 65.6 Å². The summed E-state index contributed by atoms with van der Waals surface area (Å²) >= 11 is 0. The van der Waals surface area contributed by atoms with E-state index in [1.807, 2.05) is 6.07 Å². The predicted octanol–water partition coefficient (Wildman–Crippen LogP) is 5.57. The number of carbonyl (C=O) groups excluding carboxylic acids is 2. The Morgan fingerprint density at radius 3 is 2.39 bits per heavy atom. The maximum absolute atomic E-state index is 13.4. The van der Waals surface area contributed by atoms with Crippen molar-refractivity contribution in [3.05, 3.63) is 64.2 Å². The molecule has 1 saturated heterocycles. The highest BCUT2D eigenvalue weighted by Crippen LogP contribution is 2.66. The van der Waals surface area contributed by atoms with E-state index in [1.54, 1.807) is 23.3 Å². The number of aliphatic hydroxyl groups is 1. The van der Waals surface area contributed by atoms with Crippen LogP contribution in [0.15, 0.2) is 56.8 Å². The molecular formula is C37H50N2O9S. The van der Waals surface area contributed by atoms with Gasteiger partial charge in [-0.25, -0.2) is 22.8 Å². The maximum Gasteiger partial charge on any atom is 0.410 e. The third-order valence-electron chi connectivity index (χ3n) is 12.5. The first kappa shape index (κ1) is 35.6. The van der Waals surface area contributed by atoms with Crippen LogP contribution in [-0.2, 0) is 19.5 Å². The quantitative estimate of drug-likeness (QED) is 0.397. The fourth-order valence-electron chi connectivity index (χ4n) is 9.63. The van der Waals surface area contributed by atoms with Crippen molar-refractivity contribution in [2.75, 3.05) is 33.3 Å². The van der Waals surface area contributed by atoms with E-state index in [1.165, 1.54) is 29.6 Å². The van der Waals surface area contributed by atoms with Gasteiger partial charge in [0.1, 0.15) is 6.10 Å². The standard InChI is InChI=1S/C37H50N2O9S/c1-25-12-14-27(48-35(42)38-20-22-39(23-21-38)49(44,45)32-11-7-5-9-29(32)34(41)46-3)8-4-6-10-31-28(25)16-18-36(2)30(17-19-37(31,36)43)26-13-15-33(40)47-24-26/h5,7,9,11,13,15,24-25,27-28,30-31,43H,4,6,8,10,12,14,16-23H2,1-3H3. The van der Waals surface area contributed by atoms with Crippen LogP contribution in [0.5, 0.6) is 0 Å². The van der Waals surface area contributed by atoms with E-state index in [0.29, 0.717) is 11.8 Å². The Morgan fingerprint density at radius 2 is 1.67 bits per heavy atom. The van der Waals surface area contributed by atoms with Gasteiger partial charge in [-0.15, -0.1) is 0 Å². The second-order valence-corrected chi connectivity index (χ2v) is 16.8. The molecule has 268 valence electrons. The zero-order chi connectivity index (χ0) is 35.0. The van der Waals surface area contributed by atoms with Gasteiger partial charge in [0.15, 0.2) is 0 Å². The van der Waals surface area contributed by atoms with Crippen LogP contribution in [0.4, 0.5) is 4.79 Å². The molecule has 11 nitrogen and oxygen atoms in total. The molecule has 1 N–H and O–H groups in total. The molecule has 1 aromatic carbocycles. The molecule has 4 fully saturated rings. The molecule has 2 aromatic rings. The van der Waals surface area contributed by atoms with Gasteiger partial charge in [-0.3, -0.25) is 0 Å². The highest BCUT2D eigenvalue weighted by molar-refractivity contribution is 7.89. The highest BCUT2D eigenvalue weighted by atomic mass is 32.2. The number of methoxy groups -OCH3 is 1. The molecule has 2 heterocycles. The van der Waals surface area contributed by atoms with Crippen molar-refractivity contribution in [1.29, 1.82) is 0 Å². The number of benzene rings is 1. The molecule has 6 rings (SSSR count). The van der Waals surface area contributed by atoms with Crippen LogP contribution in [0.25, 0.3) is 0 Å².